The summed E-state index contributed by atoms with van der Waals surface area (Å²) in [5.41, 5.74) is 2.51. The molecule has 204 valence electrons. The van der Waals surface area contributed by atoms with Gasteiger partial charge in [-0.2, -0.15) is 0 Å². The quantitative estimate of drug-likeness (QED) is 0.116. The third kappa shape index (κ3) is 9.27. The van der Waals surface area contributed by atoms with Gasteiger partial charge < -0.3 is 19.3 Å². The van der Waals surface area contributed by atoms with Crippen molar-refractivity contribution in [3.8, 4) is 17.2 Å². The number of carboxylic acid groups (broad SMARTS) is 1. The second-order valence-corrected chi connectivity index (χ2v) is 13.3. The lowest BCUT2D eigenvalue weighted by atomic mass is 10.1. The molecule has 0 aliphatic rings. The molecule has 0 unspecified atom stereocenters. The predicted octanol–water partition coefficient (Wildman–Crippen LogP) is 7.57. The van der Waals surface area contributed by atoms with E-state index in [1.807, 2.05) is 54.7 Å². The van der Waals surface area contributed by atoms with E-state index in [-0.39, 0.29) is 13.0 Å². The summed E-state index contributed by atoms with van der Waals surface area (Å²) in [4.78, 5) is 11.1. The minimum absolute atomic E-state index is 0.0278. The van der Waals surface area contributed by atoms with Gasteiger partial charge in [0.2, 0.25) is 0 Å². The zero-order chi connectivity index (χ0) is 27.9. The molecular weight excluding hydrogens is 977 g/mol. The van der Waals surface area contributed by atoms with Gasteiger partial charge in [-0.15, -0.1) is 5.10 Å². The Morgan fingerprint density at radius 3 is 2.18 bits per heavy atom. The van der Waals surface area contributed by atoms with Gasteiger partial charge in [0, 0.05) is 5.02 Å². The fourth-order valence-corrected chi connectivity index (χ4v) is 7.69. The van der Waals surface area contributed by atoms with E-state index in [0.29, 0.717) is 42.0 Å². The van der Waals surface area contributed by atoms with Crippen LogP contribution in [0.25, 0.3) is 0 Å². The summed E-state index contributed by atoms with van der Waals surface area (Å²) in [6.07, 6.45) is 1.82. The molecule has 0 saturated heterocycles. The maximum Gasteiger partial charge on any atom is 0.307 e. The summed E-state index contributed by atoms with van der Waals surface area (Å²) < 4.78 is 23.2. The molecule has 0 aliphatic carbocycles. The SMILES string of the molecule is O=C(O)Cc1cc(I)c(Oc2cc(I)c(OCc3cn(CCOCc4ccc(Cl)cc4)nn3)c(I)c2)c(I)c1. The molecule has 0 bridgehead atoms. The van der Waals surface area contributed by atoms with Gasteiger partial charge in [-0.25, -0.2) is 4.68 Å². The van der Waals surface area contributed by atoms with Crippen molar-refractivity contribution in [1.82, 2.24) is 15.0 Å². The number of hydrogen-bond donors (Lipinski definition) is 1. The molecule has 0 fully saturated rings. The van der Waals surface area contributed by atoms with E-state index < -0.39 is 5.97 Å². The van der Waals surface area contributed by atoms with Crippen LogP contribution in [0.15, 0.2) is 54.7 Å². The fourth-order valence-electron chi connectivity index (χ4n) is 3.43. The lowest BCUT2D eigenvalue weighted by Gasteiger charge is -2.15. The highest BCUT2D eigenvalue weighted by Crippen LogP contribution is 2.37. The second-order valence-electron chi connectivity index (χ2n) is 8.22. The first-order valence-corrected chi connectivity index (χ1v) is 16.1. The molecule has 1 aromatic heterocycles. The maximum atomic E-state index is 11.1. The number of halogens is 5. The second kappa shape index (κ2) is 14.8. The van der Waals surface area contributed by atoms with Crippen LogP contribution in [0.1, 0.15) is 16.8 Å². The molecule has 4 rings (SSSR count). The van der Waals surface area contributed by atoms with Crippen LogP contribution in [0.5, 0.6) is 17.2 Å². The lowest BCUT2D eigenvalue weighted by Crippen LogP contribution is -2.06. The molecule has 4 aromatic rings. The molecule has 0 saturated carbocycles. The first-order chi connectivity index (χ1) is 18.7. The highest BCUT2D eigenvalue weighted by Gasteiger charge is 2.15. The third-order valence-electron chi connectivity index (χ3n) is 5.20. The Labute approximate surface area is 284 Å². The van der Waals surface area contributed by atoms with Crippen molar-refractivity contribution in [2.24, 2.45) is 0 Å². The topological polar surface area (TPSA) is 95.7 Å². The maximum absolute atomic E-state index is 11.1. The molecule has 0 amide bonds. The minimum Gasteiger partial charge on any atom is -0.485 e. The smallest absolute Gasteiger partial charge is 0.307 e. The average molecular weight is 998 g/mol. The van der Waals surface area contributed by atoms with E-state index in [2.05, 4.69) is 101 Å². The zero-order valence-electron chi connectivity index (χ0n) is 20.0. The number of nitrogens with zero attached hydrogens (tertiary/aromatic N) is 3. The Morgan fingerprint density at radius 1 is 0.897 bits per heavy atom. The largest absolute Gasteiger partial charge is 0.485 e. The highest BCUT2D eigenvalue weighted by molar-refractivity contribution is 14.1. The van der Waals surface area contributed by atoms with Gasteiger partial charge in [-0.3, -0.25) is 4.79 Å². The van der Waals surface area contributed by atoms with Gasteiger partial charge in [0.05, 0.1) is 46.7 Å². The number of ether oxygens (including phenoxy) is 3. The Bertz CT molecular complexity index is 1420. The van der Waals surface area contributed by atoms with Crippen LogP contribution in [0.2, 0.25) is 5.02 Å². The molecule has 0 spiro atoms. The van der Waals surface area contributed by atoms with Crippen molar-refractivity contribution >= 4 is 108 Å². The van der Waals surface area contributed by atoms with E-state index in [1.54, 1.807) is 4.68 Å². The summed E-state index contributed by atoms with van der Waals surface area (Å²) in [6, 6.07) is 15.1. The molecule has 1 heterocycles. The molecule has 3 aromatic carbocycles. The monoisotopic (exact) mass is 997 g/mol. The van der Waals surface area contributed by atoms with Gasteiger partial charge in [0.1, 0.15) is 23.8 Å². The standard InChI is InChI=1S/C26H20ClI4N3O5/c27-17-3-1-15(2-4-17)13-37-6-5-34-12-18(32-33-34)14-38-25-22(30)10-19(11-23(25)31)39-26-20(28)7-16(8-21(26)29)9-24(35)36/h1-4,7-8,10-12H,5-6,9,13-14H2,(H,35,36). The van der Waals surface area contributed by atoms with Crippen LogP contribution in [0.3, 0.4) is 0 Å². The van der Waals surface area contributed by atoms with Gasteiger partial charge >= 0.3 is 5.97 Å². The summed E-state index contributed by atoms with van der Waals surface area (Å²) in [6.45, 7) is 1.87. The summed E-state index contributed by atoms with van der Waals surface area (Å²) in [5, 5.41) is 18.1. The Hall–Kier alpha value is -0.960. The number of carboxylic acids is 1. The first kappa shape index (κ1) is 31.0. The predicted molar refractivity (Wildman–Crippen MR) is 181 cm³/mol. The molecule has 0 radical (unpaired) electrons. The van der Waals surface area contributed by atoms with E-state index in [9.17, 15) is 4.79 Å². The number of carbonyl (C=O) groups is 1. The van der Waals surface area contributed by atoms with E-state index >= 15 is 0 Å². The van der Waals surface area contributed by atoms with Crippen molar-refractivity contribution in [1.29, 1.82) is 0 Å². The van der Waals surface area contributed by atoms with Crippen LogP contribution in [-0.2, 0) is 35.7 Å². The Kier molecular flexibility index (Phi) is 11.7. The molecule has 8 nitrogen and oxygen atoms in total. The van der Waals surface area contributed by atoms with Crippen molar-refractivity contribution in [2.45, 2.75) is 26.2 Å². The first-order valence-electron chi connectivity index (χ1n) is 11.4. The number of hydrogen-bond acceptors (Lipinski definition) is 6. The summed E-state index contributed by atoms with van der Waals surface area (Å²) in [5.74, 6) is 1.24. The van der Waals surface area contributed by atoms with E-state index in [0.717, 1.165) is 31.2 Å². The highest BCUT2D eigenvalue weighted by atomic mass is 127. The number of aromatic nitrogens is 3. The lowest BCUT2D eigenvalue weighted by molar-refractivity contribution is -0.136. The normalized spacial score (nSPS) is 11.0. The van der Waals surface area contributed by atoms with E-state index in [1.165, 1.54) is 0 Å². The molecule has 13 heteroatoms. The molecule has 0 aliphatic heterocycles. The summed E-state index contributed by atoms with van der Waals surface area (Å²) in [7, 11) is 0. The van der Waals surface area contributed by atoms with Crippen molar-refractivity contribution in [3.05, 3.63) is 90.9 Å². The number of rotatable bonds is 12. The van der Waals surface area contributed by atoms with Crippen LogP contribution in [-0.4, -0.2) is 32.7 Å². The van der Waals surface area contributed by atoms with Crippen molar-refractivity contribution < 1.29 is 24.1 Å². The Morgan fingerprint density at radius 2 is 1.54 bits per heavy atom. The molecule has 0 atom stereocenters. The molecule has 1 N–H and O–H groups in total. The summed E-state index contributed by atoms with van der Waals surface area (Å²) >= 11 is 14.7. The van der Waals surface area contributed by atoms with Gasteiger partial charge in [-0.1, -0.05) is 28.9 Å². The average Bonchev–Trinajstić information content (AvgIpc) is 3.32. The molecule has 39 heavy (non-hydrogen) atoms. The third-order valence-corrected chi connectivity index (χ3v) is 8.66. The molecular formula is C26H20ClI4N3O5. The van der Waals surface area contributed by atoms with Gasteiger partial charge in [-0.05, 0) is 138 Å². The van der Waals surface area contributed by atoms with E-state index in [4.69, 9.17) is 30.9 Å². The minimum atomic E-state index is -0.864. The van der Waals surface area contributed by atoms with Gasteiger partial charge in [0.15, 0.2) is 5.75 Å². The van der Waals surface area contributed by atoms with Crippen LogP contribution < -0.4 is 9.47 Å². The van der Waals surface area contributed by atoms with Crippen LogP contribution in [0, 0.1) is 14.3 Å². The fraction of sp³-hybridized carbons (Fsp3) is 0.192. The Balaban J connectivity index is 1.31. The number of benzene rings is 3. The van der Waals surface area contributed by atoms with Crippen molar-refractivity contribution in [2.75, 3.05) is 6.61 Å². The van der Waals surface area contributed by atoms with Crippen LogP contribution in [0.4, 0.5) is 0 Å². The zero-order valence-corrected chi connectivity index (χ0v) is 29.4. The van der Waals surface area contributed by atoms with Crippen LogP contribution >= 0.6 is 102 Å². The van der Waals surface area contributed by atoms with Crippen molar-refractivity contribution in [3.63, 3.8) is 0 Å². The van der Waals surface area contributed by atoms with Gasteiger partial charge in [0.25, 0.3) is 0 Å². The number of aliphatic carboxylic acids is 1.